The summed E-state index contributed by atoms with van der Waals surface area (Å²) in [6, 6.07) is 16.4. The van der Waals surface area contributed by atoms with Crippen molar-refractivity contribution < 1.29 is 17.9 Å². The highest BCUT2D eigenvalue weighted by atomic mass is 32.2. The zero-order valence-corrected chi connectivity index (χ0v) is 13.6. The van der Waals surface area contributed by atoms with E-state index in [0.717, 1.165) is 0 Å². The summed E-state index contributed by atoms with van der Waals surface area (Å²) in [5.41, 5.74) is 1.19. The quantitative estimate of drug-likeness (QED) is 0.790. The topological polar surface area (TPSA) is 72.5 Å². The summed E-state index contributed by atoms with van der Waals surface area (Å²) in [6.07, 6.45) is 0. The van der Waals surface area contributed by atoms with E-state index in [9.17, 15) is 13.2 Å². The van der Waals surface area contributed by atoms with Crippen molar-refractivity contribution in [3.8, 4) is 0 Å². The molecular formula is C17H19NO4S. The van der Waals surface area contributed by atoms with Gasteiger partial charge in [-0.3, -0.25) is 0 Å². The standard InChI is InChI=1S/C17H19NO4S/c1-2-22-17(19)16(15-11-7-4-8-12-15)18-23(20,21)13-14-9-5-3-6-10-14/h3-12,16,18H,2,13H2,1H3/t16-/m1/s1. The Morgan fingerprint density at radius 1 is 1.04 bits per heavy atom. The monoisotopic (exact) mass is 333 g/mol. The summed E-state index contributed by atoms with van der Waals surface area (Å²) >= 11 is 0. The van der Waals surface area contributed by atoms with Crippen LogP contribution < -0.4 is 4.72 Å². The zero-order chi connectivity index (χ0) is 16.7. The Kier molecular flexibility index (Phi) is 5.90. The van der Waals surface area contributed by atoms with E-state index in [-0.39, 0.29) is 12.4 Å². The largest absolute Gasteiger partial charge is 0.465 e. The number of nitrogens with one attached hydrogen (secondary N) is 1. The van der Waals surface area contributed by atoms with Crippen LogP contribution in [0.15, 0.2) is 60.7 Å². The van der Waals surface area contributed by atoms with Crippen molar-refractivity contribution in [3.05, 3.63) is 71.8 Å². The second kappa shape index (κ2) is 7.89. The van der Waals surface area contributed by atoms with Crippen molar-refractivity contribution in [2.75, 3.05) is 6.61 Å². The molecule has 0 unspecified atom stereocenters. The first-order valence-corrected chi connectivity index (χ1v) is 8.92. The predicted octanol–water partition coefficient (Wildman–Crippen LogP) is 2.41. The highest BCUT2D eigenvalue weighted by Crippen LogP contribution is 2.17. The van der Waals surface area contributed by atoms with E-state index >= 15 is 0 Å². The molecule has 2 rings (SSSR count). The van der Waals surface area contributed by atoms with Crippen LogP contribution in [0, 0.1) is 0 Å². The number of ether oxygens (including phenoxy) is 1. The van der Waals surface area contributed by atoms with Gasteiger partial charge in [-0.2, -0.15) is 4.72 Å². The van der Waals surface area contributed by atoms with Gasteiger partial charge < -0.3 is 4.74 Å². The van der Waals surface area contributed by atoms with Gasteiger partial charge in [0.2, 0.25) is 10.0 Å². The molecule has 0 aromatic heterocycles. The summed E-state index contributed by atoms with van der Waals surface area (Å²) in [5.74, 6) is -0.813. The van der Waals surface area contributed by atoms with Gasteiger partial charge in [0.1, 0.15) is 6.04 Å². The lowest BCUT2D eigenvalue weighted by atomic mass is 10.1. The van der Waals surface area contributed by atoms with Crippen LogP contribution in [0.1, 0.15) is 24.1 Å². The van der Waals surface area contributed by atoms with Crippen LogP contribution >= 0.6 is 0 Å². The molecule has 6 heteroatoms. The molecule has 0 aliphatic heterocycles. The summed E-state index contributed by atoms with van der Waals surface area (Å²) in [7, 11) is -3.70. The molecule has 1 N–H and O–H groups in total. The first kappa shape index (κ1) is 17.2. The van der Waals surface area contributed by atoms with Crippen LogP contribution in [-0.4, -0.2) is 21.0 Å². The molecule has 0 amide bonds. The number of rotatable bonds is 7. The summed E-state index contributed by atoms with van der Waals surface area (Å²) < 4.78 is 32.2. The van der Waals surface area contributed by atoms with E-state index in [1.807, 2.05) is 6.07 Å². The molecule has 0 bridgehead atoms. The Labute approximate surface area is 136 Å². The molecule has 5 nitrogen and oxygen atoms in total. The fourth-order valence-corrected chi connectivity index (χ4v) is 3.44. The highest BCUT2D eigenvalue weighted by molar-refractivity contribution is 7.88. The molecule has 0 saturated carbocycles. The second-order valence-electron chi connectivity index (χ2n) is 4.96. The first-order valence-electron chi connectivity index (χ1n) is 7.27. The summed E-state index contributed by atoms with van der Waals surface area (Å²) in [5, 5.41) is 0. The van der Waals surface area contributed by atoms with Gasteiger partial charge in [-0.15, -0.1) is 0 Å². The van der Waals surface area contributed by atoms with Crippen LogP contribution in [0.4, 0.5) is 0 Å². The number of esters is 1. The second-order valence-corrected chi connectivity index (χ2v) is 6.71. The van der Waals surface area contributed by atoms with Crippen molar-refractivity contribution in [2.24, 2.45) is 0 Å². The van der Waals surface area contributed by atoms with Gasteiger partial charge in [0.15, 0.2) is 0 Å². The molecule has 1 atom stereocenters. The first-order chi connectivity index (χ1) is 11.0. The summed E-state index contributed by atoms with van der Waals surface area (Å²) in [6.45, 7) is 1.86. The van der Waals surface area contributed by atoms with Crippen LogP contribution in [0.25, 0.3) is 0 Å². The highest BCUT2D eigenvalue weighted by Gasteiger charge is 2.27. The molecule has 0 fully saturated rings. The van der Waals surface area contributed by atoms with E-state index in [4.69, 9.17) is 4.74 Å². The van der Waals surface area contributed by atoms with E-state index in [1.165, 1.54) is 0 Å². The maximum absolute atomic E-state index is 12.4. The van der Waals surface area contributed by atoms with Crippen LogP contribution in [0.3, 0.4) is 0 Å². The third-order valence-electron chi connectivity index (χ3n) is 3.15. The number of hydrogen-bond donors (Lipinski definition) is 1. The number of carbonyl (C=O) groups is 1. The van der Waals surface area contributed by atoms with Crippen LogP contribution in [0.5, 0.6) is 0 Å². The molecule has 0 aliphatic carbocycles. The molecule has 0 heterocycles. The van der Waals surface area contributed by atoms with Gasteiger partial charge in [-0.25, -0.2) is 13.2 Å². The summed E-state index contributed by atoms with van der Waals surface area (Å²) in [4.78, 5) is 12.1. The van der Waals surface area contributed by atoms with Crippen molar-refractivity contribution in [1.82, 2.24) is 4.72 Å². The Morgan fingerprint density at radius 2 is 1.61 bits per heavy atom. The third kappa shape index (κ3) is 5.19. The molecule has 2 aromatic carbocycles. The maximum atomic E-state index is 12.4. The van der Waals surface area contributed by atoms with Crippen LogP contribution in [-0.2, 0) is 25.3 Å². The minimum absolute atomic E-state index is 0.183. The SMILES string of the molecule is CCOC(=O)[C@H](NS(=O)(=O)Cc1ccccc1)c1ccccc1. The number of carbonyl (C=O) groups excluding carboxylic acids is 1. The maximum Gasteiger partial charge on any atom is 0.328 e. The van der Waals surface area contributed by atoms with Gasteiger partial charge in [0, 0.05) is 0 Å². The Bertz CT molecular complexity index is 730. The van der Waals surface area contributed by atoms with E-state index in [0.29, 0.717) is 11.1 Å². The van der Waals surface area contributed by atoms with Crippen molar-refractivity contribution >= 4 is 16.0 Å². The molecule has 0 radical (unpaired) electrons. The van der Waals surface area contributed by atoms with E-state index in [1.54, 1.807) is 61.5 Å². The molecule has 0 saturated heterocycles. The van der Waals surface area contributed by atoms with Crippen molar-refractivity contribution in [3.63, 3.8) is 0 Å². The van der Waals surface area contributed by atoms with Gasteiger partial charge in [0.05, 0.1) is 12.4 Å². The molecule has 2 aromatic rings. The molecule has 122 valence electrons. The molecule has 23 heavy (non-hydrogen) atoms. The van der Waals surface area contributed by atoms with Gasteiger partial charge in [-0.1, -0.05) is 60.7 Å². The van der Waals surface area contributed by atoms with E-state index in [2.05, 4.69) is 4.72 Å². The lowest BCUT2D eigenvalue weighted by molar-refractivity contribution is -0.145. The number of hydrogen-bond acceptors (Lipinski definition) is 4. The van der Waals surface area contributed by atoms with Gasteiger partial charge in [0.25, 0.3) is 0 Å². The number of benzene rings is 2. The van der Waals surface area contributed by atoms with Gasteiger partial charge in [-0.05, 0) is 18.1 Å². The fraction of sp³-hybridized carbons (Fsp3) is 0.235. The lowest BCUT2D eigenvalue weighted by Crippen LogP contribution is -2.35. The average molecular weight is 333 g/mol. The average Bonchev–Trinajstić information content (AvgIpc) is 2.54. The van der Waals surface area contributed by atoms with Gasteiger partial charge >= 0.3 is 5.97 Å². The van der Waals surface area contributed by atoms with E-state index < -0.39 is 22.0 Å². The minimum Gasteiger partial charge on any atom is -0.465 e. The molecule has 0 spiro atoms. The zero-order valence-electron chi connectivity index (χ0n) is 12.8. The fourth-order valence-electron chi connectivity index (χ4n) is 2.14. The molecule has 0 aliphatic rings. The van der Waals surface area contributed by atoms with Crippen molar-refractivity contribution in [1.29, 1.82) is 0 Å². The minimum atomic E-state index is -3.70. The Hall–Kier alpha value is -2.18. The van der Waals surface area contributed by atoms with Crippen molar-refractivity contribution in [2.45, 2.75) is 18.7 Å². The Balaban J connectivity index is 2.21. The molecular weight excluding hydrogens is 314 g/mol. The third-order valence-corrected chi connectivity index (χ3v) is 4.46. The Morgan fingerprint density at radius 3 is 2.17 bits per heavy atom. The lowest BCUT2D eigenvalue weighted by Gasteiger charge is -2.17. The normalized spacial score (nSPS) is 12.6. The number of sulfonamides is 1. The predicted molar refractivity (Wildman–Crippen MR) is 88.0 cm³/mol. The van der Waals surface area contributed by atoms with Crippen LogP contribution in [0.2, 0.25) is 0 Å². The smallest absolute Gasteiger partial charge is 0.328 e.